The molecule has 0 aromatic carbocycles. The molecule has 6 heteroatoms. The minimum atomic E-state index is 0.201. The van der Waals surface area contributed by atoms with E-state index in [1.807, 2.05) is 17.3 Å². The van der Waals surface area contributed by atoms with Crippen molar-refractivity contribution in [2.45, 2.75) is 39.3 Å². The molecule has 124 valence electrons. The molecule has 2 rings (SSSR count). The van der Waals surface area contributed by atoms with Crippen LogP contribution < -0.4 is 0 Å². The smallest absolute Gasteiger partial charge is 0.224 e. The molecule has 0 radical (unpaired) electrons. The van der Waals surface area contributed by atoms with Crippen molar-refractivity contribution >= 4 is 5.91 Å². The molecule has 1 aromatic heterocycles. The molecule has 6 nitrogen and oxygen atoms in total. The lowest BCUT2D eigenvalue weighted by Gasteiger charge is -2.22. The van der Waals surface area contributed by atoms with Gasteiger partial charge in [0.15, 0.2) is 0 Å². The van der Waals surface area contributed by atoms with E-state index >= 15 is 0 Å². The van der Waals surface area contributed by atoms with E-state index in [1.54, 1.807) is 7.11 Å². The number of hydrogen-bond acceptors (Lipinski definition) is 4. The molecule has 0 spiro atoms. The van der Waals surface area contributed by atoms with Gasteiger partial charge in [0.1, 0.15) is 5.82 Å². The highest BCUT2D eigenvalue weighted by molar-refractivity contribution is 5.76. The van der Waals surface area contributed by atoms with Crippen LogP contribution in [-0.4, -0.2) is 65.2 Å². The lowest BCUT2D eigenvalue weighted by molar-refractivity contribution is -0.132. The molecule has 1 fully saturated rings. The highest BCUT2D eigenvalue weighted by atomic mass is 16.5. The molecule has 1 aliphatic rings. The first kappa shape index (κ1) is 17.0. The molecule has 0 aliphatic carbocycles. The predicted octanol–water partition coefficient (Wildman–Crippen LogP) is 1.53. The van der Waals surface area contributed by atoms with E-state index in [9.17, 15) is 4.79 Å². The lowest BCUT2D eigenvalue weighted by atomic mass is 10.3. The zero-order valence-corrected chi connectivity index (χ0v) is 14.0. The fourth-order valence-corrected chi connectivity index (χ4v) is 2.86. The second-order valence-electron chi connectivity index (χ2n) is 6.10. The van der Waals surface area contributed by atoms with Gasteiger partial charge in [-0.1, -0.05) is 0 Å². The summed E-state index contributed by atoms with van der Waals surface area (Å²) in [6, 6.07) is 0.427. The Morgan fingerprint density at radius 1 is 1.32 bits per heavy atom. The second kappa shape index (κ2) is 8.29. The van der Waals surface area contributed by atoms with Crippen LogP contribution in [0.1, 0.15) is 38.6 Å². The number of carbonyl (C=O) groups excluding carboxylic acids is 1. The molecule has 1 amide bonds. The maximum atomic E-state index is 12.1. The van der Waals surface area contributed by atoms with Crippen molar-refractivity contribution in [3.05, 3.63) is 18.2 Å². The van der Waals surface area contributed by atoms with E-state index < -0.39 is 0 Å². The van der Waals surface area contributed by atoms with Crippen LogP contribution in [0.5, 0.6) is 0 Å². The summed E-state index contributed by atoms with van der Waals surface area (Å²) in [6.45, 7) is 9.26. The Bertz CT molecular complexity index is 472. The third-order valence-electron chi connectivity index (χ3n) is 4.13. The first-order chi connectivity index (χ1) is 10.6. The number of imidazole rings is 1. The minimum absolute atomic E-state index is 0.201. The average Bonchev–Trinajstić information content (AvgIpc) is 2.83. The predicted molar refractivity (Wildman–Crippen MR) is 85.6 cm³/mol. The van der Waals surface area contributed by atoms with Gasteiger partial charge in [0.25, 0.3) is 0 Å². The number of methoxy groups -OCH3 is 1. The van der Waals surface area contributed by atoms with E-state index in [1.165, 1.54) is 0 Å². The Balaban J connectivity index is 1.87. The van der Waals surface area contributed by atoms with Gasteiger partial charge in [0.2, 0.25) is 5.91 Å². The molecule has 2 heterocycles. The summed E-state index contributed by atoms with van der Waals surface area (Å²) in [4.78, 5) is 20.9. The van der Waals surface area contributed by atoms with Crippen molar-refractivity contribution in [3.63, 3.8) is 0 Å². The fraction of sp³-hybridized carbons (Fsp3) is 0.750. The average molecular weight is 308 g/mol. The second-order valence-corrected chi connectivity index (χ2v) is 6.10. The molecule has 1 saturated heterocycles. The Morgan fingerprint density at radius 2 is 2.14 bits per heavy atom. The van der Waals surface area contributed by atoms with Crippen LogP contribution in [0, 0.1) is 0 Å². The van der Waals surface area contributed by atoms with E-state index in [4.69, 9.17) is 4.74 Å². The number of ether oxygens (including phenoxy) is 1. The molecular formula is C16H28N4O2. The summed E-state index contributed by atoms with van der Waals surface area (Å²) >= 11 is 0. The van der Waals surface area contributed by atoms with E-state index in [0.717, 1.165) is 45.0 Å². The lowest BCUT2D eigenvalue weighted by Crippen LogP contribution is -2.35. The summed E-state index contributed by atoms with van der Waals surface area (Å²) in [6.07, 6.45) is 5.40. The Labute approximate surface area is 133 Å². The van der Waals surface area contributed by atoms with Crippen LogP contribution >= 0.6 is 0 Å². The van der Waals surface area contributed by atoms with Crippen molar-refractivity contribution < 1.29 is 9.53 Å². The first-order valence-electron chi connectivity index (χ1n) is 8.12. The fourth-order valence-electron chi connectivity index (χ4n) is 2.86. The maximum Gasteiger partial charge on any atom is 0.224 e. The molecule has 22 heavy (non-hydrogen) atoms. The Kier molecular flexibility index (Phi) is 6.39. The number of rotatable bonds is 6. The highest BCUT2D eigenvalue weighted by Crippen LogP contribution is 2.12. The summed E-state index contributed by atoms with van der Waals surface area (Å²) in [5.41, 5.74) is 0. The molecular weight excluding hydrogens is 280 g/mol. The van der Waals surface area contributed by atoms with Gasteiger partial charge < -0.3 is 14.2 Å². The quantitative estimate of drug-likeness (QED) is 0.800. The Morgan fingerprint density at radius 3 is 2.86 bits per heavy atom. The van der Waals surface area contributed by atoms with Crippen LogP contribution in [0.15, 0.2) is 12.4 Å². The summed E-state index contributed by atoms with van der Waals surface area (Å²) < 4.78 is 7.21. The molecule has 0 saturated carbocycles. The number of nitrogens with zero attached hydrogens (tertiary/aromatic N) is 4. The third-order valence-corrected chi connectivity index (χ3v) is 4.13. The Hall–Kier alpha value is -1.40. The van der Waals surface area contributed by atoms with E-state index in [2.05, 4.69) is 28.3 Å². The molecule has 0 unspecified atom stereocenters. The standard InChI is InChI=1S/C16H28N4O2/c1-14(2)20-9-6-17-15(20)13-18-7-4-8-19(11-10-18)16(21)5-12-22-3/h6,9,14H,4-5,7-8,10-13H2,1-3H3. The van der Waals surface area contributed by atoms with Crippen LogP contribution in [0.25, 0.3) is 0 Å². The summed E-state index contributed by atoms with van der Waals surface area (Å²) in [5.74, 6) is 1.31. The van der Waals surface area contributed by atoms with Crippen molar-refractivity contribution in [1.29, 1.82) is 0 Å². The van der Waals surface area contributed by atoms with Gasteiger partial charge in [0, 0.05) is 51.7 Å². The third kappa shape index (κ3) is 4.55. The van der Waals surface area contributed by atoms with Crippen LogP contribution in [0.3, 0.4) is 0 Å². The van der Waals surface area contributed by atoms with Crippen LogP contribution in [0.2, 0.25) is 0 Å². The minimum Gasteiger partial charge on any atom is -0.384 e. The van der Waals surface area contributed by atoms with Crippen molar-refractivity contribution in [1.82, 2.24) is 19.4 Å². The number of hydrogen-bond donors (Lipinski definition) is 0. The summed E-state index contributed by atoms with van der Waals surface area (Å²) in [5, 5.41) is 0. The van der Waals surface area contributed by atoms with Gasteiger partial charge in [-0.3, -0.25) is 9.69 Å². The molecule has 1 aliphatic heterocycles. The number of aromatic nitrogens is 2. The molecule has 0 N–H and O–H groups in total. The van der Waals surface area contributed by atoms with Gasteiger partial charge in [-0.05, 0) is 20.3 Å². The molecule has 0 atom stereocenters. The van der Waals surface area contributed by atoms with Gasteiger partial charge >= 0.3 is 0 Å². The molecule has 1 aromatic rings. The van der Waals surface area contributed by atoms with Crippen LogP contribution in [0.4, 0.5) is 0 Å². The van der Waals surface area contributed by atoms with Crippen LogP contribution in [-0.2, 0) is 16.1 Å². The van der Waals surface area contributed by atoms with Crippen molar-refractivity contribution in [3.8, 4) is 0 Å². The van der Waals surface area contributed by atoms with Crippen molar-refractivity contribution in [2.24, 2.45) is 0 Å². The SMILES string of the molecule is COCCC(=O)N1CCCN(Cc2nccn2C(C)C)CC1. The number of amides is 1. The van der Waals surface area contributed by atoms with Gasteiger partial charge in [-0.2, -0.15) is 0 Å². The van der Waals surface area contributed by atoms with Gasteiger partial charge in [-0.25, -0.2) is 4.98 Å². The monoisotopic (exact) mass is 308 g/mol. The zero-order chi connectivity index (χ0) is 15.9. The number of carbonyl (C=O) groups is 1. The van der Waals surface area contributed by atoms with E-state index in [-0.39, 0.29) is 5.91 Å². The molecule has 0 bridgehead atoms. The normalized spacial score (nSPS) is 17.0. The zero-order valence-electron chi connectivity index (χ0n) is 14.0. The first-order valence-corrected chi connectivity index (χ1v) is 8.12. The topological polar surface area (TPSA) is 50.6 Å². The van der Waals surface area contributed by atoms with Gasteiger partial charge in [0.05, 0.1) is 19.6 Å². The van der Waals surface area contributed by atoms with E-state index in [0.29, 0.717) is 19.1 Å². The van der Waals surface area contributed by atoms with Gasteiger partial charge in [-0.15, -0.1) is 0 Å². The summed E-state index contributed by atoms with van der Waals surface area (Å²) in [7, 11) is 1.63. The highest BCUT2D eigenvalue weighted by Gasteiger charge is 2.20. The largest absolute Gasteiger partial charge is 0.384 e. The maximum absolute atomic E-state index is 12.1. The van der Waals surface area contributed by atoms with Crippen molar-refractivity contribution in [2.75, 3.05) is 39.9 Å².